The molecule has 0 aliphatic rings. The SMILES string of the molecule is C=CCCCC[Si](O[SiH](C)C)(O[SiH](C)C)O[SiH](C)C. The second-order valence-corrected chi connectivity index (χ2v) is 16.7. The third-order valence-corrected chi connectivity index (χ3v) is 13.3. The molecule has 0 amide bonds. The summed E-state index contributed by atoms with van der Waals surface area (Å²) in [5.41, 5.74) is 0. The standard InChI is InChI=1S/C12H32O3Si4/c1-8-9-10-11-12-19(13-16(2)3,14-17(4)5)15-18(6)7/h8,16-18H,1,9-12H2,2-7H3. The Kier molecular flexibility index (Phi) is 10.5. The molecule has 0 aromatic heterocycles. The van der Waals surface area contributed by atoms with Crippen LogP contribution in [0.3, 0.4) is 0 Å². The molecule has 0 spiro atoms. The molecule has 0 bridgehead atoms. The zero-order valence-corrected chi connectivity index (χ0v) is 18.0. The van der Waals surface area contributed by atoms with Gasteiger partial charge < -0.3 is 12.3 Å². The van der Waals surface area contributed by atoms with Crippen LogP contribution in [0.25, 0.3) is 0 Å². The molecule has 0 saturated carbocycles. The second-order valence-electron chi connectivity index (χ2n) is 5.72. The van der Waals surface area contributed by atoms with Crippen LogP contribution in [0.1, 0.15) is 19.3 Å². The first-order valence-electron chi connectivity index (χ1n) is 7.45. The molecule has 7 heteroatoms. The van der Waals surface area contributed by atoms with Gasteiger partial charge in [-0.15, -0.1) is 6.58 Å². The van der Waals surface area contributed by atoms with Crippen molar-refractivity contribution in [1.29, 1.82) is 0 Å². The van der Waals surface area contributed by atoms with Crippen molar-refractivity contribution in [2.45, 2.75) is 64.6 Å². The van der Waals surface area contributed by atoms with Gasteiger partial charge in [0.05, 0.1) is 0 Å². The molecule has 0 aromatic carbocycles. The third-order valence-electron chi connectivity index (χ3n) is 2.39. The molecule has 0 aliphatic carbocycles. The Balaban J connectivity index is 4.72. The van der Waals surface area contributed by atoms with Crippen LogP contribution in [0, 0.1) is 0 Å². The van der Waals surface area contributed by atoms with Crippen molar-refractivity contribution in [3.63, 3.8) is 0 Å². The molecule has 114 valence electrons. The molecular weight excluding hydrogens is 304 g/mol. The smallest absolute Gasteiger partial charge is 0.420 e. The minimum atomic E-state index is -2.38. The van der Waals surface area contributed by atoms with Crippen LogP contribution < -0.4 is 0 Å². The number of unbranched alkanes of at least 4 members (excludes halogenated alkanes) is 2. The fraction of sp³-hybridized carbons (Fsp3) is 0.833. The highest BCUT2D eigenvalue weighted by Gasteiger charge is 2.42. The van der Waals surface area contributed by atoms with Crippen molar-refractivity contribution in [2.24, 2.45) is 0 Å². The Labute approximate surface area is 125 Å². The number of hydrogen-bond acceptors (Lipinski definition) is 3. The Morgan fingerprint density at radius 2 is 1.26 bits per heavy atom. The van der Waals surface area contributed by atoms with Crippen molar-refractivity contribution >= 4 is 35.9 Å². The van der Waals surface area contributed by atoms with Gasteiger partial charge in [0.1, 0.15) is 0 Å². The fourth-order valence-electron chi connectivity index (χ4n) is 1.97. The van der Waals surface area contributed by atoms with E-state index in [1.165, 1.54) is 0 Å². The number of allylic oxidation sites excluding steroid dienone is 1. The summed E-state index contributed by atoms with van der Waals surface area (Å²) in [7, 11) is -5.79. The summed E-state index contributed by atoms with van der Waals surface area (Å²) in [5, 5.41) is 0. The van der Waals surface area contributed by atoms with Crippen molar-refractivity contribution < 1.29 is 12.3 Å². The van der Waals surface area contributed by atoms with Crippen LogP contribution in [-0.4, -0.2) is 35.9 Å². The van der Waals surface area contributed by atoms with Gasteiger partial charge in [0.25, 0.3) is 0 Å². The molecule has 0 fully saturated rings. The van der Waals surface area contributed by atoms with Crippen molar-refractivity contribution in [1.82, 2.24) is 0 Å². The third kappa shape index (κ3) is 9.94. The Hall–Kier alpha value is 0.488. The van der Waals surface area contributed by atoms with Crippen molar-refractivity contribution in [3.8, 4) is 0 Å². The van der Waals surface area contributed by atoms with Gasteiger partial charge in [-0.05, 0) is 58.5 Å². The lowest BCUT2D eigenvalue weighted by Crippen LogP contribution is -2.53. The highest BCUT2D eigenvalue weighted by Crippen LogP contribution is 2.23. The average molecular weight is 337 g/mol. The lowest BCUT2D eigenvalue weighted by Gasteiger charge is -2.35. The van der Waals surface area contributed by atoms with Gasteiger partial charge in [0.2, 0.25) is 0 Å². The van der Waals surface area contributed by atoms with Gasteiger partial charge in [-0.3, -0.25) is 0 Å². The molecule has 19 heavy (non-hydrogen) atoms. The summed E-state index contributed by atoms with van der Waals surface area (Å²) < 4.78 is 19.0. The normalized spacial score (nSPS) is 12.7. The minimum absolute atomic E-state index is 0.988. The fourth-order valence-corrected chi connectivity index (χ4v) is 14.9. The van der Waals surface area contributed by atoms with E-state index < -0.39 is 35.9 Å². The first kappa shape index (κ1) is 19.5. The molecule has 3 nitrogen and oxygen atoms in total. The summed E-state index contributed by atoms with van der Waals surface area (Å²) in [6, 6.07) is 0.988. The summed E-state index contributed by atoms with van der Waals surface area (Å²) in [6.45, 7) is 17.0. The Bertz CT molecular complexity index is 221. The molecule has 0 aromatic rings. The van der Waals surface area contributed by atoms with Gasteiger partial charge in [-0.2, -0.15) is 0 Å². The van der Waals surface area contributed by atoms with Crippen LogP contribution in [0.15, 0.2) is 12.7 Å². The summed E-state index contributed by atoms with van der Waals surface area (Å²) in [4.78, 5) is 0. The van der Waals surface area contributed by atoms with E-state index >= 15 is 0 Å². The summed E-state index contributed by atoms with van der Waals surface area (Å²) >= 11 is 0. The molecule has 0 radical (unpaired) electrons. The maximum absolute atomic E-state index is 6.32. The lowest BCUT2D eigenvalue weighted by molar-refractivity contribution is 0.266. The van der Waals surface area contributed by atoms with Gasteiger partial charge >= 0.3 is 8.80 Å². The zero-order chi connectivity index (χ0) is 14.9. The Morgan fingerprint density at radius 3 is 1.58 bits per heavy atom. The molecule has 0 N–H and O–H groups in total. The Morgan fingerprint density at radius 1 is 0.842 bits per heavy atom. The quantitative estimate of drug-likeness (QED) is 0.329. The lowest BCUT2D eigenvalue weighted by atomic mass is 10.2. The van der Waals surface area contributed by atoms with E-state index in [0.717, 1.165) is 25.3 Å². The maximum atomic E-state index is 6.32. The van der Waals surface area contributed by atoms with Crippen molar-refractivity contribution in [2.75, 3.05) is 0 Å². The molecule has 0 heterocycles. The van der Waals surface area contributed by atoms with Crippen LogP contribution in [0.2, 0.25) is 45.3 Å². The first-order valence-corrected chi connectivity index (χ1v) is 17.7. The predicted octanol–water partition coefficient (Wildman–Crippen LogP) is 3.28. The van der Waals surface area contributed by atoms with Crippen LogP contribution in [-0.2, 0) is 12.3 Å². The molecule has 0 atom stereocenters. The van der Waals surface area contributed by atoms with E-state index in [9.17, 15) is 0 Å². The van der Waals surface area contributed by atoms with Crippen LogP contribution >= 0.6 is 0 Å². The highest BCUT2D eigenvalue weighted by molar-refractivity contribution is 6.79. The van der Waals surface area contributed by atoms with Crippen LogP contribution in [0.4, 0.5) is 0 Å². The highest BCUT2D eigenvalue weighted by atomic mass is 28.5. The topological polar surface area (TPSA) is 27.7 Å². The van der Waals surface area contributed by atoms with Gasteiger partial charge in [-0.25, -0.2) is 0 Å². The second kappa shape index (κ2) is 10.2. The zero-order valence-electron chi connectivity index (χ0n) is 13.6. The van der Waals surface area contributed by atoms with E-state index in [4.69, 9.17) is 12.3 Å². The summed E-state index contributed by atoms with van der Waals surface area (Å²) in [5.74, 6) is 0. The molecular formula is C12H32O3Si4. The monoisotopic (exact) mass is 336 g/mol. The van der Waals surface area contributed by atoms with Crippen molar-refractivity contribution in [3.05, 3.63) is 12.7 Å². The maximum Gasteiger partial charge on any atom is 0.468 e. The minimum Gasteiger partial charge on any atom is -0.420 e. The largest absolute Gasteiger partial charge is 0.468 e. The average Bonchev–Trinajstić information content (AvgIpc) is 2.21. The number of hydrogen-bond donors (Lipinski definition) is 0. The molecule has 0 aliphatic heterocycles. The van der Waals surface area contributed by atoms with Gasteiger partial charge in [-0.1, -0.05) is 6.08 Å². The predicted molar refractivity (Wildman–Crippen MR) is 94.5 cm³/mol. The molecule has 0 rings (SSSR count). The summed E-state index contributed by atoms with van der Waals surface area (Å²) in [6.07, 6.45) is 5.34. The van der Waals surface area contributed by atoms with Crippen LogP contribution in [0.5, 0.6) is 0 Å². The van der Waals surface area contributed by atoms with E-state index in [1.807, 2.05) is 6.08 Å². The van der Waals surface area contributed by atoms with E-state index in [2.05, 4.69) is 45.9 Å². The first-order chi connectivity index (χ1) is 8.81. The van der Waals surface area contributed by atoms with E-state index in [0.29, 0.717) is 0 Å². The van der Waals surface area contributed by atoms with E-state index in [1.54, 1.807) is 0 Å². The molecule has 0 saturated heterocycles. The van der Waals surface area contributed by atoms with E-state index in [-0.39, 0.29) is 0 Å². The van der Waals surface area contributed by atoms with Gasteiger partial charge in [0, 0.05) is 6.04 Å². The van der Waals surface area contributed by atoms with Gasteiger partial charge in [0.15, 0.2) is 27.1 Å². The number of rotatable bonds is 11. The molecule has 0 unspecified atom stereocenters.